The predicted molar refractivity (Wildman–Crippen MR) is 193 cm³/mol. The van der Waals surface area contributed by atoms with Crippen molar-refractivity contribution in [1.29, 1.82) is 0 Å². The molecule has 0 fully saturated rings. The Morgan fingerprint density at radius 2 is 1.38 bits per heavy atom. The van der Waals surface area contributed by atoms with Gasteiger partial charge in [-0.3, -0.25) is 0 Å². The first-order valence-corrected chi connectivity index (χ1v) is 15.6. The predicted octanol–water partition coefficient (Wildman–Crippen LogP) is 10.6. The largest absolute Gasteiger partial charge is 0.405 e. The lowest BCUT2D eigenvalue weighted by Crippen LogP contribution is -2.14. The highest BCUT2D eigenvalue weighted by atomic mass is 14.9. The van der Waals surface area contributed by atoms with Crippen LogP contribution < -0.4 is 11.1 Å². The Bertz CT molecular complexity index is 2160. The fraction of sp³-hybridized carbons (Fsp3) is 0.116. The molecule has 0 aliphatic heterocycles. The van der Waals surface area contributed by atoms with Gasteiger partial charge in [-0.25, -0.2) is 0 Å². The van der Waals surface area contributed by atoms with Crippen LogP contribution in [-0.2, 0) is 12.0 Å². The molecule has 2 heteroatoms. The first-order valence-electron chi connectivity index (χ1n) is 15.6. The number of rotatable bonds is 7. The molecule has 6 aromatic carbocycles. The van der Waals surface area contributed by atoms with Gasteiger partial charge in [0.25, 0.3) is 0 Å². The molecule has 0 radical (unpaired) electrons. The summed E-state index contributed by atoms with van der Waals surface area (Å²) in [5.41, 5.74) is 19.2. The zero-order valence-corrected chi connectivity index (χ0v) is 26.2. The second kappa shape index (κ2) is 11.3. The third-order valence-electron chi connectivity index (χ3n) is 9.32. The van der Waals surface area contributed by atoms with Gasteiger partial charge in [0.05, 0.1) is 0 Å². The summed E-state index contributed by atoms with van der Waals surface area (Å²) in [7, 11) is 0. The SMILES string of the molecule is C=C(/C=C\C=C/N)NCc1cccc(-c2c3ccccc3c(-c3ccc(C)cc3)c3cc4c(cc23)C(C)(C)c2ccccc2-4)c1. The molecule has 0 heterocycles. The molecular weight excluding hydrogens is 544 g/mol. The van der Waals surface area contributed by atoms with Gasteiger partial charge in [-0.15, -0.1) is 0 Å². The standard InChI is InChI=1S/C43H38N2/c1-28-19-21-31(22-20-28)41-34-16-5-6-17-35(34)42(32-14-11-13-30(24-32)27-45-29(2)12-9-10-23-44)38-26-40-36(25-37(38)41)33-15-7-8-18-39(33)43(40,3)4/h5-26,45H,2,27,44H2,1,3-4H3/b12-9-,23-10-. The molecule has 0 atom stereocenters. The van der Waals surface area contributed by atoms with E-state index in [1.165, 1.54) is 83.4 Å². The van der Waals surface area contributed by atoms with E-state index in [2.05, 4.69) is 142 Å². The van der Waals surface area contributed by atoms with Crippen LogP contribution in [0.1, 0.15) is 36.1 Å². The first kappa shape index (κ1) is 28.4. The summed E-state index contributed by atoms with van der Waals surface area (Å²) in [5.74, 6) is 0. The van der Waals surface area contributed by atoms with Crippen molar-refractivity contribution in [3.8, 4) is 33.4 Å². The van der Waals surface area contributed by atoms with Gasteiger partial charge in [0.1, 0.15) is 0 Å². The summed E-state index contributed by atoms with van der Waals surface area (Å²) in [5, 5.41) is 8.55. The molecule has 0 aromatic heterocycles. The minimum atomic E-state index is -0.0915. The van der Waals surface area contributed by atoms with Gasteiger partial charge in [0.15, 0.2) is 0 Å². The second-order valence-electron chi connectivity index (χ2n) is 12.6. The lowest BCUT2D eigenvalue weighted by molar-refractivity contribution is 0.661. The van der Waals surface area contributed by atoms with Crippen molar-refractivity contribution < 1.29 is 0 Å². The number of aryl methyl sites for hydroxylation is 1. The zero-order valence-electron chi connectivity index (χ0n) is 26.2. The average Bonchev–Trinajstić information content (AvgIpc) is 3.28. The molecule has 1 aliphatic carbocycles. The van der Waals surface area contributed by atoms with E-state index in [1.807, 2.05) is 12.2 Å². The Hall–Kier alpha value is -5.34. The molecule has 0 saturated carbocycles. The van der Waals surface area contributed by atoms with E-state index < -0.39 is 0 Å². The normalized spacial score (nSPS) is 13.5. The number of hydrogen-bond acceptors (Lipinski definition) is 2. The molecule has 220 valence electrons. The monoisotopic (exact) mass is 582 g/mol. The maximum absolute atomic E-state index is 5.46. The van der Waals surface area contributed by atoms with Crippen molar-refractivity contribution in [1.82, 2.24) is 5.32 Å². The van der Waals surface area contributed by atoms with Crippen molar-refractivity contribution in [2.24, 2.45) is 5.73 Å². The first-order chi connectivity index (χ1) is 21.9. The lowest BCUT2D eigenvalue weighted by atomic mass is 9.79. The Labute approximate surface area is 266 Å². The quantitative estimate of drug-likeness (QED) is 0.145. The fourth-order valence-corrected chi connectivity index (χ4v) is 7.06. The number of allylic oxidation sites excluding steroid dienone is 3. The van der Waals surface area contributed by atoms with E-state index in [0.717, 1.165) is 5.70 Å². The molecule has 0 saturated heterocycles. The van der Waals surface area contributed by atoms with Crippen LogP contribution in [0.2, 0.25) is 0 Å². The van der Waals surface area contributed by atoms with Crippen molar-refractivity contribution in [2.75, 3.05) is 0 Å². The molecule has 3 N–H and O–H groups in total. The summed E-state index contributed by atoms with van der Waals surface area (Å²) < 4.78 is 0. The zero-order chi connectivity index (χ0) is 31.1. The van der Waals surface area contributed by atoms with Crippen LogP contribution in [0.5, 0.6) is 0 Å². The molecule has 45 heavy (non-hydrogen) atoms. The average molecular weight is 583 g/mol. The topological polar surface area (TPSA) is 38.0 Å². The molecule has 0 spiro atoms. The number of nitrogens with one attached hydrogen (secondary N) is 1. The Kier molecular flexibility index (Phi) is 7.14. The molecule has 1 aliphatic rings. The fourth-order valence-electron chi connectivity index (χ4n) is 7.06. The minimum Gasteiger partial charge on any atom is -0.405 e. The third kappa shape index (κ3) is 4.93. The van der Waals surface area contributed by atoms with E-state index in [4.69, 9.17) is 5.73 Å². The van der Waals surface area contributed by atoms with Crippen LogP contribution in [0.15, 0.2) is 146 Å². The van der Waals surface area contributed by atoms with Gasteiger partial charge in [0, 0.05) is 17.7 Å². The van der Waals surface area contributed by atoms with Crippen molar-refractivity contribution in [2.45, 2.75) is 32.7 Å². The number of benzene rings is 6. The van der Waals surface area contributed by atoms with Crippen molar-refractivity contribution in [3.63, 3.8) is 0 Å². The highest BCUT2D eigenvalue weighted by Crippen LogP contribution is 2.53. The molecule has 0 unspecified atom stereocenters. The third-order valence-corrected chi connectivity index (χ3v) is 9.32. The van der Waals surface area contributed by atoms with Crippen LogP contribution in [0, 0.1) is 6.92 Å². The number of fused-ring (bicyclic) bond motifs is 5. The van der Waals surface area contributed by atoms with Crippen LogP contribution in [-0.4, -0.2) is 0 Å². The summed E-state index contributed by atoms with van der Waals surface area (Å²) >= 11 is 0. The molecule has 0 amide bonds. The molecule has 2 nitrogen and oxygen atoms in total. The van der Waals surface area contributed by atoms with Crippen LogP contribution >= 0.6 is 0 Å². The number of hydrogen-bond donors (Lipinski definition) is 2. The van der Waals surface area contributed by atoms with Gasteiger partial charge in [0.2, 0.25) is 0 Å². The summed E-state index contributed by atoms with van der Waals surface area (Å²) in [6.07, 6.45) is 7.12. The molecule has 7 rings (SSSR count). The Morgan fingerprint density at radius 1 is 0.689 bits per heavy atom. The maximum Gasteiger partial charge on any atom is 0.0400 e. The van der Waals surface area contributed by atoms with Crippen LogP contribution in [0.3, 0.4) is 0 Å². The number of nitrogens with two attached hydrogens (primary N) is 1. The second-order valence-corrected chi connectivity index (χ2v) is 12.6. The van der Waals surface area contributed by atoms with Crippen molar-refractivity contribution >= 4 is 21.5 Å². The van der Waals surface area contributed by atoms with Gasteiger partial charge in [-0.05, 0) is 115 Å². The highest BCUT2D eigenvalue weighted by Gasteiger charge is 2.36. The summed E-state index contributed by atoms with van der Waals surface area (Å²) in [6.45, 7) is 11.7. The Morgan fingerprint density at radius 3 is 2.13 bits per heavy atom. The molecular formula is C43H38N2. The summed E-state index contributed by atoms with van der Waals surface area (Å²) in [6, 6.07) is 40.7. The molecule has 0 bridgehead atoms. The Balaban J connectivity index is 1.49. The highest BCUT2D eigenvalue weighted by molar-refractivity contribution is 6.22. The van der Waals surface area contributed by atoms with E-state index in [0.29, 0.717) is 6.54 Å². The van der Waals surface area contributed by atoms with Gasteiger partial charge < -0.3 is 11.1 Å². The molecule has 6 aromatic rings. The van der Waals surface area contributed by atoms with E-state index in [1.54, 1.807) is 6.08 Å². The van der Waals surface area contributed by atoms with E-state index in [-0.39, 0.29) is 5.41 Å². The lowest BCUT2D eigenvalue weighted by Gasteiger charge is -2.24. The smallest absolute Gasteiger partial charge is 0.0400 e. The summed E-state index contributed by atoms with van der Waals surface area (Å²) in [4.78, 5) is 0. The maximum atomic E-state index is 5.46. The minimum absolute atomic E-state index is 0.0915. The van der Waals surface area contributed by atoms with Crippen LogP contribution in [0.4, 0.5) is 0 Å². The van der Waals surface area contributed by atoms with Crippen molar-refractivity contribution in [3.05, 3.63) is 168 Å². The van der Waals surface area contributed by atoms with E-state index in [9.17, 15) is 0 Å². The van der Waals surface area contributed by atoms with Crippen LogP contribution in [0.25, 0.3) is 54.9 Å². The van der Waals surface area contributed by atoms with Gasteiger partial charge in [-0.1, -0.05) is 123 Å². The van der Waals surface area contributed by atoms with Gasteiger partial charge >= 0.3 is 0 Å². The van der Waals surface area contributed by atoms with Gasteiger partial charge in [-0.2, -0.15) is 0 Å². The van der Waals surface area contributed by atoms with E-state index >= 15 is 0 Å².